The number of carbonyl (C=O) groups is 1. The third-order valence-electron chi connectivity index (χ3n) is 6.48. The highest BCUT2D eigenvalue weighted by molar-refractivity contribution is 9.10. The summed E-state index contributed by atoms with van der Waals surface area (Å²) < 4.78 is 12.7. The third kappa shape index (κ3) is 3.27. The normalized spacial score (nSPS) is 34.5. The smallest absolute Gasteiger partial charge is 0.338 e. The van der Waals surface area contributed by atoms with Crippen LogP contribution in [0.1, 0.15) is 44.8 Å². The number of aliphatic hydroxyl groups is 1. The summed E-state index contributed by atoms with van der Waals surface area (Å²) >= 11 is 3.61. The van der Waals surface area contributed by atoms with Crippen molar-refractivity contribution in [3.05, 3.63) is 58.1 Å². The fourth-order valence-electron chi connectivity index (χ4n) is 4.62. The molecule has 0 spiro atoms. The van der Waals surface area contributed by atoms with E-state index in [1.165, 1.54) is 0 Å². The zero-order valence-corrected chi connectivity index (χ0v) is 17.9. The first kappa shape index (κ1) is 19.9. The minimum atomic E-state index is -1.40. The lowest BCUT2D eigenvalue weighted by atomic mass is 9.63. The van der Waals surface area contributed by atoms with Gasteiger partial charge in [0.2, 0.25) is 0 Å². The monoisotopic (exact) mass is 446 g/mol. The highest BCUT2D eigenvalue weighted by Gasteiger charge is 2.63. The molecule has 2 aliphatic carbocycles. The first-order valence-corrected chi connectivity index (χ1v) is 10.7. The van der Waals surface area contributed by atoms with Crippen molar-refractivity contribution in [1.82, 2.24) is 0 Å². The van der Waals surface area contributed by atoms with E-state index in [0.29, 0.717) is 12.5 Å². The quantitative estimate of drug-likeness (QED) is 0.524. The van der Waals surface area contributed by atoms with Crippen molar-refractivity contribution in [3.8, 4) is 0 Å². The molecular weight excluding hydrogens is 420 g/mol. The van der Waals surface area contributed by atoms with Crippen LogP contribution in [0.3, 0.4) is 0 Å². The van der Waals surface area contributed by atoms with Crippen molar-refractivity contribution >= 4 is 21.9 Å². The van der Waals surface area contributed by atoms with Crippen LogP contribution in [0.5, 0.6) is 0 Å². The molecular formula is C23H27BrO4. The van der Waals surface area contributed by atoms with Gasteiger partial charge in [-0.2, -0.15) is 0 Å². The van der Waals surface area contributed by atoms with Crippen LogP contribution in [0.4, 0.5) is 0 Å². The summed E-state index contributed by atoms with van der Waals surface area (Å²) in [5.41, 5.74) is 1.30. The molecule has 0 radical (unpaired) electrons. The molecule has 1 aliphatic heterocycles. The first-order valence-electron chi connectivity index (χ1n) is 9.95. The lowest BCUT2D eigenvalue weighted by Crippen LogP contribution is -2.53. The molecule has 4 nitrogen and oxygen atoms in total. The van der Waals surface area contributed by atoms with Crippen LogP contribution in [0.15, 0.2) is 52.5 Å². The second-order valence-corrected chi connectivity index (χ2v) is 9.31. The van der Waals surface area contributed by atoms with Crippen molar-refractivity contribution in [3.63, 3.8) is 0 Å². The molecule has 28 heavy (non-hydrogen) atoms. The molecule has 1 N–H and O–H groups in total. The Morgan fingerprint density at radius 3 is 2.75 bits per heavy atom. The SMILES string of the molecule is C=C(C)[C@H]1CC=C(C)[C@@]2(O)[C@@H]1[C@H](c1ccccc1Br)O[C@@H]2C(=O)OCC1CC1. The number of fused-ring (bicyclic) bond motifs is 1. The number of allylic oxidation sites excluding steroid dienone is 2. The van der Waals surface area contributed by atoms with Crippen LogP contribution in [0.2, 0.25) is 0 Å². The van der Waals surface area contributed by atoms with E-state index in [1.54, 1.807) is 0 Å². The van der Waals surface area contributed by atoms with E-state index < -0.39 is 23.8 Å². The van der Waals surface area contributed by atoms with Gasteiger partial charge in [0, 0.05) is 10.4 Å². The van der Waals surface area contributed by atoms with Crippen LogP contribution in [-0.2, 0) is 14.3 Å². The van der Waals surface area contributed by atoms with Gasteiger partial charge in [0.15, 0.2) is 6.10 Å². The van der Waals surface area contributed by atoms with E-state index in [0.717, 1.165) is 40.4 Å². The molecule has 2 fully saturated rings. The minimum absolute atomic E-state index is 0.0204. The second kappa shape index (κ2) is 7.43. The standard InChI is InChI=1S/C23H27BrO4/c1-13(2)16-11-8-14(3)23(26)19(16)20(17-6-4-5-7-18(17)24)28-21(23)22(25)27-12-15-9-10-15/h4-8,15-16,19-21,26H,1,9-12H2,2-3H3/t16-,19+,20+,21-,23-/m1/s1. The summed E-state index contributed by atoms with van der Waals surface area (Å²) in [7, 11) is 0. The predicted molar refractivity (Wildman–Crippen MR) is 111 cm³/mol. The summed E-state index contributed by atoms with van der Waals surface area (Å²) in [6, 6.07) is 7.83. The van der Waals surface area contributed by atoms with Gasteiger partial charge in [0.05, 0.1) is 12.7 Å². The number of benzene rings is 1. The first-order chi connectivity index (χ1) is 13.3. The van der Waals surface area contributed by atoms with E-state index in [-0.39, 0.29) is 11.8 Å². The maximum Gasteiger partial charge on any atom is 0.338 e. The van der Waals surface area contributed by atoms with Crippen molar-refractivity contribution in [1.29, 1.82) is 0 Å². The van der Waals surface area contributed by atoms with Crippen molar-refractivity contribution in [2.75, 3.05) is 6.61 Å². The van der Waals surface area contributed by atoms with Gasteiger partial charge in [0.1, 0.15) is 5.60 Å². The highest BCUT2D eigenvalue weighted by atomic mass is 79.9. The lowest BCUT2D eigenvalue weighted by molar-refractivity contribution is -0.165. The maximum atomic E-state index is 13.0. The van der Waals surface area contributed by atoms with Gasteiger partial charge < -0.3 is 14.6 Å². The Morgan fingerprint density at radius 2 is 2.11 bits per heavy atom. The van der Waals surface area contributed by atoms with Crippen LogP contribution >= 0.6 is 15.9 Å². The van der Waals surface area contributed by atoms with Gasteiger partial charge in [-0.15, -0.1) is 0 Å². The summed E-state index contributed by atoms with van der Waals surface area (Å²) in [6.07, 6.45) is 3.53. The zero-order chi connectivity index (χ0) is 20.1. The molecule has 4 rings (SSSR count). The summed E-state index contributed by atoms with van der Waals surface area (Å²) in [5.74, 6) is -0.288. The second-order valence-electron chi connectivity index (χ2n) is 8.46. The summed E-state index contributed by atoms with van der Waals surface area (Å²) in [4.78, 5) is 13.0. The largest absolute Gasteiger partial charge is 0.463 e. The molecule has 5 atom stereocenters. The Kier molecular flexibility index (Phi) is 5.27. The molecule has 1 saturated heterocycles. The van der Waals surface area contributed by atoms with Gasteiger partial charge in [-0.25, -0.2) is 4.79 Å². The molecule has 1 aromatic rings. The molecule has 150 valence electrons. The number of halogens is 1. The van der Waals surface area contributed by atoms with E-state index in [1.807, 2.05) is 44.2 Å². The van der Waals surface area contributed by atoms with Crippen molar-refractivity contribution in [2.45, 2.75) is 50.9 Å². The minimum Gasteiger partial charge on any atom is -0.463 e. The molecule has 1 aromatic carbocycles. The number of carbonyl (C=O) groups excluding carboxylic acids is 1. The Bertz CT molecular complexity index is 828. The van der Waals surface area contributed by atoms with Gasteiger partial charge in [-0.3, -0.25) is 0 Å². The number of ether oxygens (including phenoxy) is 2. The average molecular weight is 447 g/mol. The molecule has 1 heterocycles. The lowest BCUT2D eigenvalue weighted by Gasteiger charge is -2.42. The molecule has 3 aliphatic rings. The van der Waals surface area contributed by atoms with E-state index >= 15 is 0 Å². The molecule has 0 amide bonds. The molecule has 0 unspecified atom stereocenters. The Balaban J connectivity index is 1.75. The highest BCUT2D eigenvalue weighted by Crippen LogP contribution is 2.57. The van der Waals surface area contributed by atoms with E-state index in [4.69, 9.17) is 9.47 Å². The average Bonchev–Trinajstić information content (AvgIpc) is 3.43. The Morgan fingerprint density at radius 1 is 1.39 bits per heavy atom. The van der Waals surface area contributed by atoms with Crippen LogP contribution in [0, 0.1) is 17.8 Å². The molecule has 1 saturated carbocycles. The predicted octanol–water partition coefficient (Wildman–Crippen LogP) is 4.73. The van der Waals surface area contributed by atoms with Crippen molar-refractivity contribution in [2.24, 2.45) is 17.8 Å². The maximum absolute atomic E-state index is 13.0. The Labute approximate surface area is 174 Å². The number of esters is 1. The van der Waals surface area contributed by atoms with Gasteiger partial charge in [0.25, 0.3) is 0 Å². The number of hydrogen-bond donors (Lipinski definition) is 1. The number of hydrogen-bond acceptors (Lipinski definition) is 4. The summed E-state index contributed by atoms with van der Waals surface area (Å²) in [6.45, 7) is 8.43. The van der Waals surface area contributed by atoms with Crippen LogP contribution < -0.4 is 0 Å². The Hall–Kier alpha value is -1.43. The molecule has 0 bridgehead atoms. The van der Waals surface area contributed by atoms with Gasteiger partial charge >= 0.3 is 5.97 Å². The fraction of sp³-hybridized carbons (Fsp3) is 0.522. The fourth-order valence-corrected chi connectivity index (χ4v) is 5.13. The summed E-state index contributed by atoms with van der Waals surface area (Å²) in [5, 5.41) is 11.9. The van der Waals surface area contributed by atoms with Crippen molar-refractivity contribution < 1.29 is 19.4 Å². The zero-order valence-electron chi connectivity index (χ0n) is 16.4. The van der Waals surface area contributed by atoms with Gasteiger partial charge in [-0.05, 0) is 62.1 Å². The van der Waals surface area contributed by atoms with Gasteiger partial charge in [-0.1, -0.05) is 52.4 Å². The van der Waals surface area contributed by atoms with Crippen LogP contribution in [-0.4, -0.2) is 29.4 Å². The molecule has 5 heteroatoms. The van der Waals surface area contributed by atoms with Crippen LogP contribution in [0.25, 0.3) is 0 Å². The van der Waals surface area contributed by atoms with E-state index in [2.05, 4.69) is 22.5 Å². The number of rotatable bonds is 5. The third-order valence-corrected chi connectivity index (χ3v) is 7.20. The van der Waals surface area contributed by atoms with E-state index in [9.17, 15) is 9.90 Å². The topological polar surface area (TPSA) is 55.8 Å². The molecule has 0 aromatic heterocycles.